The largest absolute Gasteiger partial charge is 0.389 e. The predicted octanol–water partition coefficient (Wildman–Crippen LogP) is 0.636. The molecule has 3 N–H and O–H groups in total. The number of hydrogen-bond donors (Lipinski definition) is 2. The fourth-order valence-corrected chi connectivity index (χ4v) is 2.85. The molecule has 7 heteroatoms. The molecule has 0 aliphatic carbocycles. The number of nitrogens with two attached hydrogens (primary N) is 1. The molecule has 0 radical (unpaired) electrons. The van der Waals surface area contributed by atoms with Gasteiger partial charge < -0.3 is 10.5 Å². The van der Waals surface area contributed by atoms with Crippen molar-refractivity contribution in [1.29, 1.82) is 0 Å². The van der Waals surface area contributed by atoms with Gasteiger partial charge in [0, 0.05) is 18.7 Å². The number of nitrogens with one attached hydrogen (secondary N) is 1. The molecule has 0 aliphatic rings. The Morgan fingerprint density at radius 3 is 2.72 bits per heavy atom. The quantitative estimate of drug-likeness (QED) is 0.568. The Morgan fingerprint density at radius 1 is 1.44 bits per heavy atom. The zero-order valence-corrected chi connectivity index (χ0v) is 11.7. The Morgan fingerprint density at radius 2 is 2.11 bits per heavy atom. The minimum absolute atomic E-state index is 0.0563. The Bertz CT molecular complexity index is 515. The van der Waals surface area contributed by atoms with E-state index in [2.05, 4.69) is 4.72 Å². The minimum Gasteiger partial charge on any atom is -0.389 e. The van der Waals surface area contributed by atoms with E-state index >= 15 is 0 Å². The number of sulfonamides is 1. The van der Waals surface area contributed by atoms with Crippen LogP contribution in [-0.4, -0.2) is 33.2 Å². The molecule has 0 unspecified atom stereocenters. The molecule has 18 heavy (non-hydrogen) atoms. The van der Waals surface area contributed by atoms with Crippen molar-refractivity contribution in [3.8, 4) is 0 Å². The van der Waals surface area contributed by atoms with Gasteiger partial charge in [-0.15, -0.1) is 0 Å². The molecule has 1 aromatic carbocycles. The third-order valence-corrected chi connectivity index (χ3v) is 3.92. The first-order valence-corrected chi connectivity index (χ1v) is 7.34. The summed E-state index contributed by atoms with van der Waals surface area (Å²) in [4.78, 5) is 0.148. The lowest BCUT2D eigenvalue weighted by Crippen LogP contribution is -2.29. The molecule has 1 rings (SSSR count). The van der Waals surface area contributed by atoms with E-state index in [4.69, 9.17) is 22.7 Å². The number of thiocarbonyl (C=S) groups is 1. The van der Waals surface area contributed by atoms with E-state index in [-0.39, 0.29) is 16.4 Å². The molecule has 0 aliphatic heterocycles. The lowest BCUT2D eigenvalue weighted by Gasteiger charge is -2.10. The molecule has 0 spiro atoms. The highest BCUT2D eigenvalue weighted by atomic mass is 32.2. The summed E-state index contributed by atoms with van der Waals surface area (Å²) in [6.45, 7) is 2.93. The zero-order chi connectivity index (χ0) is 13.6. The van der Waals surface area contributed by atoms with Crippen LogP contribution in [0.15, 0.2) is 29.2 Å². The van der Waals surface area contributed by atoms with Crippen molar-refractivity contribution in [2.24, 2.45) is 5.73 Å². The first-order chi connectivity index (χ1) is 8.49. The van der Waals surface area contributed by atoms with Crippen molar-refractivity contribution in [1.82, 2.24) is 4.72 Å². The average Bonchev–Trinajstić information content (AvgIpc) is 2.35. The van der Waals surface area contributed by atoms with E-state index in [1.807, 2.05) is 6.92 Å². The van der Waals surface area contributed by atoms with Crippen molar-refractivity contribution in [3.63, 3.8) is 0 Å². The summed E-state index contributed by atoms with van der Waals surface area (Å²) >= 11 is 4.83. The molecule has 0 amide bonds. The second-order valence-corrected chi connectivity index (χ2v) is 5.63. The van der Waals surface area contributed by atoms with Crippen LogP contribution < -0.4 is 10.5 Å². The van der Waals surface area contributed by atoms with Crippen LogP contribution in [0.3, 0.4) is 0 Å². The third-order valence-electron chi connectivity index (χ3n) is 2.18. The van der Waals surface area contributed by atoms with Gasteiger partial charge in [0.05, 0.1) is 11.5 Å². The van der Waals surface area contributed by atoms with Crippen LogP contribution >= 0.6 is 12.2 Å². The van der Waals surface area contributed by atoms with Gasteiger partial charge in [-0.25, -0.2) is 13.1 Å². The van der Waals surface area contributed by atoms with Crippen molar-refractivity contribution >= 4 is 27.2 Å². The van der Waals surface area contributed by atoms with E-state index in [1.165, 1.54) is 6.07 Å². The topological polar surface area (TPSA) is 81.4 Å². The van der Waals surface area contributed by atoms with E-state index in [0.29, 0.717) is 18.8 Å². The van der Waals surface area contributed by atoms with Gasteiger partial charge in [-0.05, 0) is 13.0 Å². The van der Waals surface area contributed by atoms with Gasteiger partial charge in [-0.2, -0.15) is 0 Å². The second-order valence-electron chi connectivity index (χ2n) is 3.46. The van der Waals surface area contributed by atoms with Crippen LogP contribution in [0.4, 0.5) is 0 Å². The molecule has 0 fully saturated rings. The SMILES string of the molecule is CCOCCNS(=O)(=O)c1ccccc1C(N)=S. The summed E-state index contributed by atoms with van der Waals surface area (Å²) in [5, 5.41) is 0. The van der Waals surface area contributed by atoms with Crippen molar-refractivity contribution in [2.45, 2.75) is 11.8 Å². The zero-order valence-electron chi connectivity index (χ0n) is 10.0. The number of rotatable bonds is 7. The molecule has 0 bridgehead atoms. The van der Waals surface area contributed by atoms with Gasteiger partial charge in [0.15, 0.2) is 0 Å². The third kappa shape index (κ3) is 4.02. The fourth-order valence-electron chi connectivity index (χ4n) is 1.37. The predicted molar refractivity (Wildman–Crippen MR) is 74.0 cm³/mol. The monoisotopic (exact) mass is 288 g/mol. The maximum absolute atomic E-state index is 12.0. The molecular weight excluding hydrogens is 272 g/mol. The van der Waals surface area contributed by atoms with Gasteiger partial charge >= 0.3 is 0 Å². The second kappa shape index (κ2) is 6.79. The Balaban J connectivity index is 2.88. The van der Waals surface area contributed by atoms with Gasteiger partial charge in [-0.1, -0.05) is 30.4 Å². The fraction of sp³-hybridized carbons (Fsp3) is 0.364. The van der Waals surface area contributed by atoms with Crippen LogP contribution in [0.25, 0.3) is 0 Å². The van der Waals surface area contributed by atoms with Gasteiger partial charge in [0.2, 0.25) is 10.0 Å². The molecule has 5 nitrogen and oxygen atoms in total. The summed E-state index contributed by atoms with van der Waals surface area (Å²) < 4.78 is 31.6. The summed E-state index contributed by atoms with van der Waals surface area (Å²) in [6, 6.07) is 6.36. The van der Waals surface area contributed by atoms with Gasteiger partial charge in [-0.3, -0.25) is 0 Å². The first-order valence-electron chi connectivity index (χ1n) is 5.45. The summed E-state index contributed by atoms with van der Waals surface area (Å²) in [5.74, 6) is 0. The minimum atomic E-state index is -3.61. The number of hydrogen-bond acceptors (Lipinski definition) is 4. The van der Waals surface area contributed by atoms with E-state index in [9.17, 15) is 8.42 Å². The molecule has 0 saturated carbocycles. The lowest BCUT2D eigenvalue weighted by atomic mass is 10.2. The maximum atomic E-state index is 12.0. The summed E-state index contributed by atoms with van der Waals surface area (Å²) in [7, 11) is -3.61. The van der Waals surface area contributed by atoms with Gasteiger partial charge in [0.25, 0.3) is 0 Å². The molecule has 1 aromatic rings. The van der Waals surface area contributed by atoms with Gasteiger partial charge in [0.1, 0.15) is 4.99 Å². The molecule has 0 aromatic heterocycles. The highest BCUT2D eigenvalue weighted by Crippen LogP contribution is 2.14. The molecule has 0 saturated heterocycles. The van der Waals surface area contributed by atoms with Crippen molar-refractivity contribution in [3.05, 3.63) is 29.8 Å². The lowest BCUT2D eigenvalue weighted by molar-refractivity contribution is 0.153. The van der Waals surface area contributed by atoms with E-state index in [1.54, 1.807) is 18.2 Å². The van der Waals surface area contributed by atoms with Crippen LogP contribution in [0, 0.1) is 0 Å². The highest BCUT2D eigenvalue weighted by Gasteiger charge is 2.18. The Labute approximate surface area is 112 Å². The van der Waals surface area contributed by atoms with E-state index in [0.717, 1.165) is 0 Å². The highest BCUT2D eigenvalue weighted by molar-refractivity contribution is 7.89. The summed E-state index contributed by atoms with van der Waals surface area (Å²) in [6.07, 6.45) is 0. The van der Waals surface area contributed by atoms with Crippen LogP contribution in [-0.2, 0) is 14.8 Å². The molecule has 100 valence electrons. The standard InChI is InChI=1S/C11H16N2O3S2/c1-2-16-8-7-13-18(14,15)10-6-4-3-5-9(10)11(12)17/h3-6,13H,2,7-8H2,1H3,(H2,12,17). The van der Waals surface area contributed by atoms with Crippen LogP contribution in [0.2, 0.25) is 0 Å². The van der Waals surface area contributed by atoms with Crippen molar-refractivity contribution in [2.75, 3.05) is 19.8 Å². The number of benzene rings is 1. The summed E-state index contributed by atoms with van der Waals surface area (Å²) in [5.41, 5.74) is 5.85. The normalized spacial score (nSPS) is 11.4. The van der Waals surface area contributed by atoms with Crippen molar-refractivity contribution < 1.29 is 13.2 Å². The molecule has 0 heterocycles. The van der Waals surface area contributed by atoms with E-state index < -0.39 is 10.0 Å². The Hall–Kier alpha value is -1.02. The average molecular weight is 288 g/mol. The molecule has 0 atom stereocenters. The molecular formula is C11H16N2O3S2. The van der Waals surface area contributed by atoms with Crippen LogP contribution in [0.5, 0.6) is 0 Å². The Kier molecular flexibility index (Phi) is 5.67. The maximum Gasteiger partial charge on any atom is 0.241 e. The first kappa shape index (κ1) is 15.0. The van der Waals surface area contributed by atoms with Crippen LogP contribution in [0.1, 0.15) is 12.5 Å². The number of ether oxygens (including phenoxy) is 1. The smallest absolute Gasteiger partial charge is 0.241 e.